The van der Waals surface area contributed by atoms with Crippen molar-refractivity contribution >= 4 is 20.9 Å². The summed E-state index contributed by atoms with van der Waals surface area (Å²) in [7, 11) is -3.17. The van der Waals surface area contributed by atoms with Crippen LogP contribution in [0.25, 0.3) is 11.0 Å². The van der Waals surface area contributed by atoms with Crippen LogP contribution in [-0.2, 0) is 16.4 Å². The van der Waals surface area contributed by atoms with E-state index < -0.39 is 9.84 Å². The highest BCUT2D eigenvalue weighted by Gasteiger charge is 2.09. The minimum absolute atomic E-state index is 0.280. The van der Waals surface area contributed by atoms with Gasteiger partial charge in [0.15, 0.2) is 9.84 Å². The van der Waals surface area contributed by atoms with Gasteiger partial charge in [0.25, 0.3) is 0 Å². The van der Waals surface area contributed by atoms with Crippen LogP contribution in [0.15, 0.2) is 23.1 Å². The summed E-state index contributed by atoms with van der Waals surface area (Å²) in [5, 5.41) is 0. The third-order valence-electron chi connectivity index (χ3n) is 2.12. The highest BCUT2D eigenvalue weighted by Crippen LogP contribution is 2.16. The molecule has 0 aliphatic carbocycles. The molecule has 1 aromatic heterocycles. The van der Waals surface area contributed by atoms with E-state index in [-0.39, 0.29) is 4.90 Å². The molecule has 0 amide bonds. The number of benzene rings is 1. The Kier molecular flexibility index (Phi) is 2.24. The van der Waals surface area contributed by atoms with Crippen molar-refractivity contribution in [3.05, 3.63) is 24.0 Å². The standard InChI is InChI=1S/C9H11N3O2S/c1-15(13,14)6-2-3-7-8(4-6)12-9(5-10)11-7/h2-4H,5,10H2,1H3,(H,11,12). The predicted molar refractivity (Wildman–Crippen MR) is 57.1 cm³/mol. The maximum atomic E-state index is 11.3. The van der Waals surface area contributed by atoms with Gasteiger partial charge in [-0.25, -0.2) is 13.4 Å². The molecule has 0 aliphatic rings. The number of aromatic nitrogens is 2. The van der Waals surface area contributed by atoms with Gasteiger partial charge in [0, 0.05) is 6.26 Å². The molecule has 2 aromatic rings. The normalized spacial score (nSPS) is 12.1. The van der Waals surface area contributed by atoms with Crippen molar-refractivity contribution in [3.63, 3.8) is 0 Å². The summed E-state index contributed by atoms with van der Waals surface area (Å²) in [5.74, 6) is 0.649. The molecular weight excluding hydrogens is 214 g/mol. The smallest absolute Gasteiger partial charge is 0.175 e. The second-order valence-electron chi connectivity index (χ2n) is 3.34. The molecule has 15 heavy (non-hydrogen) atoms. The molecule has 1 aromatic carbocycles. The van der Waals surface area contributed by atoms with Crippen LogP contribution >= 0.6 is 0 Å². The van der Waals surface area contributed by atoms with E-state index in [9.17, 15) is 8.42 Å². The number of H-pyrrole nitrogens is 1. The SMILES string of the molecule is CS(=O)(=O)c1ccc2nc(CN)[nH]c2c1. The Bertz CT molecular complexity index is 601. The van der Waals surface area contributed by atoms with E-state index in [2.05, 4.69) is 9.97 Å². The van der Waals surface area contributed by atoms with Crippen molar-refractivity contribution in [1.82, 2.24) is 9.97 Å². The average Bonchev–Trinajstić information content (AvgIpc) is 2.57. The average molecular weight is 225 g/mol. The van der Waals surface area contributed by atoms with Gasteiger partial charge in [-0.1, -0.05) is 0 Å². The number of aromatic amines is 1. The summed E-state index contributed by atoms with van der Waals surface area (Å²) in [6, 6.07) is 4.77. The third-order valence-corrected chi connectivity index (χ3v) is 3.23. The number of nitrogens with one attached hydrogen (secondary N) is 1. The molecule has 0 saturated heterocycles. The Labute approximate surface area is 87.2 Å². The molecule has 2 rings (SSSR count). The molecule has 0 saturated carbocycles. The van der Waals surface area contributed by atoms with Crippen LogP contribution in [0, 0.1) is 0 Å². The van der Waals surface area contributed by atoms with Gasteiger partial charge in [-0.15, -0.1) is 0 Å². The van der Waals surface area contributed by atoms with Crippen molar-refractivity contribution in [1.29, 1.82) is 0 Å². The molecule has 3 N–H and O–H groups in total. The number of rotatable bonds is 2. The molecule has 0 spiro atoms. The van der Waals surface area contributed by atoms with Gasteiger partial charge in [0.2, 0.25) is 0 Å². The van der Waals surface area contributed by atoms with Gasteiger partial charge in [0.05, 0.1) is 22.5 Å². The van der Waals surface area contributed by atoms with Crippen molar-refractivity contribution in [2.24, 2.45) is 5.73 Å². The summed E-state index contributed by atoms with van der Waals surface area (Å²) >= 11 is 0. The van der Waals surface area contributed by atoms with Crippen molar-refractivity contribution in [3.8, 4) is 0 Å². The fraction of sp³-hybridized carbons (Fsp3) is 0.222. The van der Waals surface area contributed by atoms with E-state index in [4.69, 9.17) is 5.73 Å². The summed E-state index contributed by atoms with van der Waals surface area (Å²) in [4.78, 5) is 7.42. The van der Waals surface area contributed by atoms with Crippen LogP contribution in [0.3, 0.4) is 0 Å². The number of nitrogens with zero attached hydrogens (tertiary/aromatic N) is 1. The largest absolute Gasteiger partial charge is 0.341 e. The molecule has 0 atom stereocenters. The molecule has 0 bridgehead atoms. The number of nitrogens with two attached hydrogens (primary N) is 1. The monoisotopic (exact) mass is 225 g/mol. The summed E-state index contributed by atoms with van der Waals surface area (Å²) < 4.78 is 22.6. The second kappa shape index (κ2) is 3.32. The molecule has 0 unspecified atom stereocenters. The molecule has 0 aliphatic heterocycles. The minimum Gasteiger partial charge on any atom is -0.341 e. The van der Waals surface area contributed by atoms with Crippen molar-refractivity contribution in [2.75, 3.05) is 6.26 Å². The van der Waals surface area contributed by atoms with Gasteiger partial charge < -0.3 is 10.7 Å². The Morgan fingerprint density at radius 3 is 2.80 bits per heavy atom. The predicted octanol–water partition coefficient (Wildman–Crippen LogP) is 0.425. The van der Waals surface area contributed by atoms with Gasteiger partial charge in [0.1, 0.15) is 5.82 Å². The topological polar surface area (TPSA) is 88.8 Å². The Morgan fingerprint density at radius 2 is 2.20 bits per heavy atom. The van der Waals surface area contributed by atoms with E-state index in [0.29, 0.717) is 17.9 Å². The molecule has 80 valence electrons. The zero-order chi connectivity index (χ0) is 11.1. The zero-order valence-electron chi connectivity index (χ0n) is 8.19. The van der Waals surface area contributed by atoms with Gasteiger partial charge in [-0.05, 0) is 18.2 Å². The zero-order valence-corrected chi connectivity index (χ0v) is 9.00. The summed E-state index contributed by atoms with van der Waals surface area (Å²) in [6.07, 6.45) is 1.17. The van der Waals surface area contributed by atoms with Crippen LogP contribution in [0.4, 0.5) is 0 Å². The fourth-order valence-corrected chi connectivity index (χ4v) is 2.02. The molecule has 1 heterocycles. The van der Waals surface area contributed by atoms with Crippen LogP contribution < -0.4 is 5.73 Å². The first-order chi connectivity index (χ1) is 7.00. The van der Waals surface area contributed by atoms with Crippen molar-refractivity contribution in [2.45, 2.75) is 11.4 Å². The third kappa shape index (κ3) is 1.86. The summed E-state index contributed by atoms with van der Waals surface area (Å²) in [6.45, 7) is 0.308. The Morgan fingerprint density at radius 1 is 1.47 bits per heavy atom. The van der Waals surface area contributed by atoms with Gasteiger partial charge in [-0.3, -0.25) is 0 Å². The molecule has 0 fully saturated rings. The first-order valence-corrected chi connectivity index (χ1v) is 6.28. The lowest BCUT2D eigenvalue weighted by Gasteiger charge is -1.96. The molecule has 6 heteroatoms. The maximum absolute atomic E-state index is 11.3. The summed E-state index contributed by atoms with van der Waals surface area (Å²) in [5.41, 5.74) is 6.84. The van der Waals surface area contributed by atoms with Crippen LogP contribution in [0.2, 0.25) is 0 Å². The molecule has 0 radical (unpaired) electrons. The molecule has 5 nitrogen and oxygen atoms in total. The highest BCUT2D eigenvalue weighted by molar-refractivity contribution is 7.90. The number of hydrogen-bond donors (Lipinski definition) is 2. The second-order valence-corrected chi connectivity index (χ2v) is 5.35. The minimum atomic E-state index is -3.17. The van der Waals surface area contributed by atoms with Crippen molar-refractivity contribution < 1.29 is 8.42 Å². The number of hydrogen-bond acceptors (Lipinski definition) is 4. The Hall–Kier alpha value is -1.40. The van der Waals surface area contributed by atoms with Gasteiger partial charge >= 0.3 is 0 Å². The van der Waals surface area contributed by atoms with Crippen LogP contribution in [0.1, 0.15) is 5.82 Å². The van der Waals surface area contributed by atoms with E-state index in [1.807, 2.05) is 0 Å². The fourth-order valence-electron chi connectivity index (χ4n) is 1.37. The lowest BCUT2D eigenvalue weighted by Crippen LogP contribution is -1.97. The van der Waals surface area contributed by atoms with Crippen LogP contribution in [0.5, 0.6) is 0 Å². The number of fused-ring (bicyclic) bond motifs is 1. The Balaban J connectivity index is 2.66. The quantitative estimate of drug-likeness (QED) is 0.775. The van der Waals surface area contributed by atoms with Gasteiger partial charge in [-0.2, -0.15) is 0 Å². The first kappa shape index (κ1) is 10.1. The van der Waals surface area contributed by atoms with E-state index in [1.165, 1.54) is 6.26 Å². The lowest BCUT2D eigenvalue weighted by atomic mass is 10.3. The number of sulfone groups is 1. The first-order valence-electron chi connectivity index (χ1n) is 4.39. The maximum Gasteiger partial charge on any atom is 0.175 e. The highest BCUT2D eigenvalue weighted by atomic mass is 32.2. The molecular formula is C9H11N3O2S. The van der Waals surface area contributed by atoms with E-state index in [0.717, 1.165) is 5.52 Å². The van der Waals surface area contributed by atoms with E-state index >= 15 is 0 Å². The number of imidazole rings is 1. The van der Waals surface area contributed by atoms with E-state index in [1.54, 1.807) is 18.2 Å². The van der Waals surface area contributed by atoms with Crippen LogP contribution in [-0.4, -0.2) is 24.6 Å². The lowest BCUT2D eigenvalue weighted by molar-refractivity contribution is 0.602.